The molecule has 106 valence electrons. The second kappa shape index (κ2) is 7.32. The molecule has 0 aliphatic rings. The first-order chi connectivity index (χ1) is 8.66. The molecule has 0 spiro atoms. The molecule has 7 nitrogen and oxygen atoms in total. The number of hydrogen-bond donors (Lipinski definition) is 3. The molecule has 0 saturated heterocycles. The number of aliphatic hydroxyl groups excluding tert-OH is 1. The van der Waals surface area contributed by atoms with Crippen LogP contribution in [0.2, 0.25) is 0 Å². The number of carbonyl (C=O) groups excluding carboxylic acids is 1. The minimum absolute atomic E-state index is 0.142. The molecule has 7 heteroatoms. The van der Waals surface area contributed by atoms with E-state index in [0.717, 1.165) is 6.92 Å². The quantitative estimate of drug-likeness (QED) is 0.451. The van der Waals surface area contributed by atoms with Crippen molar-refractivity contribution in [3.05, 3.63) is 23.3 Å². The molecule has 0 aromatic rings. The molecule has 0 bridgehead atoms. The van der Waals surface area contributed by atoms with Gasteiger partial charge in [-0.05, 0) is 13.8 Å². The van der Waals surface area contributed by atoms with Crippen LogP contribution in [-0.4, -0.2) is 45.9 Å². The van der Waals surface area contributed by atoms with E-state index in [1.54, 1.807) is 0 Å². The standard InChI is InChI=1S/C12H16O7/c1-6(2)12(18)19-5-8(13)4-9(11(16)17)7(3)10(14)15/h8,13H,1,4-5H2,2-3H3,(H,14,15)(H,16,17)/b9-7-. The molecule has 0 radical (unpaired) electrons. The Balaban J connectivity index is 4.68. The van der Waals surface area contributed by atoms with Crippen molar-refractivity contribution in [2.75, 3.05) is 6.61 Å². The fraction of sp³-hybridized carbons (Fsp3) is 0.417. The van der Waals surface area contributed by atoms with Gasteiger partial charge in [-0.1, -0.05) is 6.58 Å². The lowest BCUT2D eigenvalue weighted by molar-refractivity contribution is -0.142. The lowest BCUT2D eigenvalue weighted by Gasteiger charge is -2.12. The fourth-order valence-electron chi connectivity index (χ4n) is 1.12. The van der Waals surface area contributed by atoms with Crippen LogP contribution < -0.4 is 0 Å². The predicted octanol–water partition coefficient (Wildman–Crippen LogP) is 0.342. The highest BCUT2D eigenvalue weighted by molar-refractivity contribution is 5.98. The van der Waals surface area contributed by atoms with Gasteiger partial charge in [-0.15, -0.1) is 0 Å². The SMILES string of the molecule is C=C(C)C(=O)OCC(O)C/C(C(=O)O)=C(\C)C(=O)O. The lowest BCUT2D eigenvalue weighted by atomic mass is 10.0. The fourth-order valence-corrected chi connectivity index (χ4v) is 1.12. The van der Waals surface area contributed by atoms with Crippen LogP contribution in [0.15, 0.2) is 23.3 Å². The number of rotatable bonds is 7. The number of carbonyl (C=O) groups is 3. The maximum absolute atomic E-state index is 11.1. The number of carboxylic acid groups (broad SMARTS) is 2. The van der Waals surface area contributed by atoms with E-state index >= 15 is 0 Å². The zero-order valence-corrected chi connectivity index (χ0v) is 10.7. The number of carboxylic acids is 2. The summed E-state index contributed by atoms with van der Waals surface area (Å²) in [6, 6.07) is 0. The molecule has 0 aromatic heterocycles. The molecule has 0 rings (SSSR count). The van der Waals surface area contributed by atoms with Crippen LogP contribution in [0.5, 0.6) is 0 Å². The Kier molecular flexibility index (Phi) is 6.49. The average Bonchev–Trinajstić information content (AvgIpc) is 2.31. The zero-order chi connectivity index (χ0) is 15.2. The van der Waals surface area contributed by atoms with Gasteiger partial charge in [-0.25, -0.2) is 14.4 Å². The van der Waals surface area contributed by atoms with Gasteiger partial charge in [0.15, 0.2) is 0 Å². The first-order valence-electron chi connectivity index (χ1n) is 5.33. The predicted molar refractivity (Wildman–Crippen MR) is 64.4 cm³/mol. The molecule has 0 aromatic carbocycles. The van der Waals surface area contributed by atoms with Gasteiger partial charge in [-0.2, -0.15) is 0 Å². The van der Waals surface area contributed by atoms with Crippen LogP contribution in [0.1, 0.15) is 20.3 Å². The third kappa shape index (κ3) is 5.82. The average molecular weight is 272 g/mol. The highest BCUT2D eigenvalue weighted by atomic mass is 16.5. The normalized spacial score (nSPS) is 13.2. The largest absolute Gasteiger partial charge is 0.478 e. The van der Waals surface area contributed by atoms with Crippen LogP contribution in [0, 0.1) is 0 Å². The second-order valence-corrected chi connectivity index (χ2v) is 3.95. The number of aliphatic carboxylic acids is 2. The van der Waals surface area contributed by atoms with Crippen molar-refractivity contribution in [3.63, 3.8) is 0 Å². The molecule has 0 aliphatic carbocycles. The monoisotopic (exact) mass is 272 g/mol. The molecule has 0 amide bonds. The summed E-state index contributed by atoms with van der Waals surface area (Å²) in [5, 5.41) is 27.1. The van der Waals surface area contributed by atoms with Gasteiger partial charge in [0.1, 0.15) is 6.61 Å². The Morgan fingerprint density at radius 3 is 2.05 bits per heavy atom. The van der Waals surface area contributed by atoms with E-state index in [-0.39, 0.29) is 11.1 Å². The Hall–Kier alpha value is -2.15. The number of esters is 1. The number of ether oxygens (including phenoxy) is 1. The summed E-state index contributed by atoms with van der Waals surface area (Å²) in [5.41, 5.74) is -0.674. The molecule has 19 heavy (non-hydrogen) atoms. The molecule has 0 fully saturated rings. The van der Waals surface area contributed by atoms with E-state index in [2.05, 4.69) is 11.3 Å². The van der Waals surface area contributed by atoms with Crippen LogP contribution in [-0.2, 0) is 19.1 Å². The molecule has 0 heterocycles. The van der Waals surface area contributed by atoms with Crippen molar-refractivity contribution < 1.29 is 34.4 Å². The van der Waals surface area contributed by atoms with Crippen LogP contribution in [0.25, 0.3) is 0 Å². The highest BCUT2D eigenvalue weighted by Gasteiger charge is 2.20. The minimum Gasteiger partial charge on any atom is -0.478 e. The van der Waals surface area contributed by atoms with Gasteiger partial charge in [-0.3, -0.25) is 0 Å². The number of aliphatic hydroxyl groups is 1. The van der Waals surface area contributed by atoms with E-state index in [9.17, 15) is 19.5 Å². The van der Waals surface area contributed by atoms with Crippen molar-refractivity contribution in [1.82, 2.24) is 0 Å². The van der Waals surface area contributed by atoms with Crippen LogP contribution >= 0.6 is 0 Å². The van der Waals surface area contributed by atoms with E-state index in [1.165, 1.54) is 6.92 Å². The first-order valence-corrected chi connectivity index (χ1v) is 5.33. The second-order valence-electron chi connectivity index (χ2n) is 3.95. The summed E-state index contributed by atoms with van der Waals surface area (Å²) in [7, 11) is 0. The van der Waals surface area contributed by atoms with Crippen molar-refractivity contribution in [3.8, 4) is 0 Å². The van der Waals surface area contributed by atoms with E-state index in [1.807, 2.05) is 0 Å². The van der Waals surface area contributed by atoms with Gasteiger partial charge in [0, 0.05) is 23.1 Å². The third-order valence-corrected chi connectivity index (χ3v) is 2.23. The summed E-state index contributed by atoms with van der Waals surface area (Å²) < 4.78 is 4.63. The summed E-state index contributed by atoms with van der Waals surface area (Å²) in [4.78, 5) is 32.6. The molecule has 0 aliphatic heterocycles. The van der Waals surface area contributed by atoms with Gasteiger partial charge in [0.25, 0.3) is 0 Å². The van der Waals surface area contributed by atoms with Gasteiger partial charge >= 0.3 is 17.9 Å². The van der Waals surface area contributed by atoms with Crippen LogP contribution in [0.3, 0.4) is 0 Å². The van der Waals surface area contributed by atoms with Crippen molar-refractivity contribution in [1.29, 1.82) is 0 Å². The van der Waals surface area contributed by atoms with Crippen molar-refractivity contribution in [2.45, 2.75) is 26.4 Å². The zero-order valence-electron chi connectivity index (χ0n) is 10.7. The first kappa shape index (κ1) is 16.9. The van der Waals surface area contributed by atoms with Gasteiger partial charge in [0.2, 0.25) is 0 Å². The molecular weight excluding hydrogens is 256 g/mol. The maximum Gasteiger partial charge on any atom is 0.333 e. The van der Waals surface area contributed by atoms with Crippen molar-refractivity contribution >= 4 is 17.9 Å². The Bertz CT molecular complexity index is 433. The van der Waals surface area contributed by atoms with Crippen molar-refractivity contribution in [2.24, 2.45) is 0 Å². The highest BCUT2D eigenvalue weighted by Crippen LogP contribution is 2.13. The topological polar surface area (TPSA) is 121 Å². The molecule has 3 N–H and O–H groups in total. The summed E-state index contributed by atoms with van der Waals surface area (Å²) in [5.74, 6) is -3.54. The lowest BCUT2D eigenvalue weighted by Crippen LogP contribution is -2.22. The van der Waals surface area contributed by atoms with E-state index in [4.69, 9.17) is 10.2 Å². The Labute approximate surface area is 109 Å². The Morgan fingerprint density at radius 1 is 1.16 bits per heavy atom. The molecule has 1 unspecified atom stereocenters. The van der Waals surface area contributed by atoms with Crippen LogP contribution in [0.4, 0.5) is 0 Å². The molecule has 1 atom stereocenters. The smallest absolute Gasteiger partial charge is 0.333 e. The van der Waals surface area contributed by atoms with Gasteiger partial charge in [0.05, 0.1) is 6.10 Å². The summed E-state index contributed by atoms with van der Waals surface area (Å²) in [6.45, 7) is 5.45. The number of hydrogen-bond acceptors (Lipinski definition) is 5. The van der Waals surface area contributed by atoms with E-state index < -0.39 is 42.6 Å². The summed E-state index contributed by atoms with van der Waals surface area (Å²) in [6.07, 6.45) is -1.74. The van der Waals surface area contributed by atoms with E-state index in [0.29, 0.717) is 0 Å². The molecule has 0 saturated carbocycles. The minimum atomic E-state index is -1.44. The third-order valence-electron chi connectivity index (χ3n) is 2.23. The molecular formula is C12H16O7. The summed E-state index contributed by atoms with van der Waals surface area (Å²) >= 11 is 0. The maximum atomic E-state index is 11.1. The van der Waals surface area contributed by atoms with Gasteiger partial charge < -0.3 is 20.1 Å². The Morgan fingerprint density at radius 2 is 1.68 bits per heavy atom.